The molecule has 1 unspecified atom stereocenters. The van der Waals surface area contributed by atoms with Gasteiger partial charge in [0.2, 0.25) is 0 Å². The first-order valence-electron chi connectivity index (χ1n) is 7.76. The van der Waals surface area contributed by atoms with Crippen molar-refractivity contribution >= 4 is 21.9 Å². The zero-order valence-corrected chi connectivity index (χ0v) is 15.6. The summed E-state index contributed by atoms with van der Waals surface area (Å²) in [5.41, 5.74) is -0.0438. The average molecular weight is 451 g/mol. The summed E-state index contributed by atoms with van der Waals surface area (Å²) in [6.07, 6.45) is -7.73. The molecule has 0 amide bonds. The Morgan fingerprint density at radius 2 is 1.93 bits per heavy atom. The Labute approximate surface area is 160 Å². The maximum atomic E-state index is 14.2. The molecule has 2 rings (SSSR count). The lowest BCUT2D eigenvalue weighted by Crippen LogP contribution is -2.20. The van der Waals surface area contributed by atoms with Gasteiger partial charge in [-0.05, 0) is 36.2 Å². The fraction of sp³-hybridized carbons (Fsp3) is 0.278. The summed E-state index contributed by atoms with van der Waals surface area (Å²) in [5.74, 6) is -2.19. The maximum absolute atomic E-state index is 14.2. The number of carbonyl (C=O) groups excluding carboxylic acids is 1. The predicted molar refractivity (Wildman–Crippen MR) is 92.5 cm³/mol. The molecule has 0 heterocycles. The molecule has 146 valence electrons. The Balaban J connectivity index is 2.39. The molecule has 1 atom stereocenters. The molecule has 0 aliphatic rings. The van der Waals surface area contributed by atoms with Gasteiger partial charge in [-0.15, -0.1) is 0 Å². The van der Waals surface area contributed by atoms with Crippen LogP contribution in [0.3, 0.4) is 0 Å². The first-order chi connectivity index (χ1) is 12.7. The Hall–Kier alpha value is -2.13. The van der Waals surface area contributed by atoms with Crippen molar-refractivity contribution in [2.75, 3.05) is 6.61 Å². The van der Waals surface area contributed by atoms with Gasteiger partial charge in [-0.3, -0.25) is 0 Å². The summed E-state index contributed by atoms with van der Waals surface area (Å²) in [6.45, 7) is 1.74. The van der Waals surface area contributed by atoms with Crippen LogP contribution in [-0.2, 0) is 10.1 Å². The molecule has 0 radical (unpaired) electrons. The van der Waals surface area contributed by atoms with Gasteiger partial charge in [0.15, 0.2) is 17.7 Å². The number of alkyl halides is 4. The Bertz CT molecular complexity index is 823. The fourth-order valence-electron chi connectivity index (χ4n) is 2.29. The summed E-state index contributed by atoms with van der Waals surface area (Å²) in [6, 6.07) is 7.02. The first-order valence-corrected chi connectivity index (χ1v) is 8.88. The smallest absolute Gasteiger partial charge is 0.418 e. The monoisotopic (exact) mass is 450 g/mol. The largest absolute Gasteiger partial charge is 0.462 e. The highest BCUT2D eigenvalue weighted by molar-refractivity contribution is 9.08. The minimum atomic E-state index is -4.92. The minimum Gasteiger partial charge on any atom is -0.462 e. The van der Waals surface area contributed by atoms with E-state index >= 15 is 0 Å². The number of aliphatic hydroxyl groups is 1. The van der Waals surface area contributed by atoms with E-state index < -0.39 is 35.4 Å². The SMILES string of the molecule is CCOC(=O)c1c(CBr)cccc1Oc1ccc(C(O)C(F)(F)F)cc1F. The van der Waals surface area contributed by atoms with Crippen LogP contribution in [0.15, 0.2) is 36.4 Å². The van der Waals surface area contributed by atoms with Gasteiger partial charge < -0.3 is 14.6 Å². The van der Waals surface area contributed by atoms with Crippen LogP contribution in [0, 0.1) is 5.82 Å². The Morgan fingerprint density at radius 3 is 2.48 bits per heavy atom. The van der Waals surface area contributed by atoms with Crippen molar-refractivity contribution in [3.63, 3.8) is 0 Å². The topological polar surface area (TPSA) is 55.8 Å². The van der Waals surface area contributed by atoms with Gasteiger partial charge in [0, 0.05) is 5.33 Å². The lowest BCUT2D eigenvalue weighted by molar-refractivity contribution is -0.206. The molecule has 0 aliphatic carbocycles. The molecule has 0 spiro atoms. The van der Waals surface area contributed by atoms with Gasteiger partial charge in [-0.1, -0.05) is 34.1 Å². The highest BCUT2D eigenvalue weighted by atomic mass is 79.9. The van der Waals surface area contributed by atoms with Crippen LogP contribution in [0.4, 0.5) is 17.6 Å². The minimum absolute atomic E-state index is 0.00609. The van der Waals surface area contributed by atoms with Gasteiger partial charge >= 0.3 is 12.1 Å². The van der Waals surface area contributed by atoms with E-state index in [0.717, 1.165) is 12.1 Å². The highest BCUT2D eigenvalue weighted by Gasteiger charge is 2.39. The standard InChI is InChI=1S/C18H15BrF4O4/c1-2-26-17(25)15-11(9-19)4-3-5-14(15)27-13-7-6-10(8-12(13)20)16(24)18(21,22)23/h3-8,16,24H,2,9H2,1H3. The summed E-state index contributed by atoms with van der Waals surface area (Å²) in [5, 5.41) is 9.51. The third kappa shape index (κ3) is 4.98. The van der Waals surface area contributed by atoms with Crippen molar-refractivity contribution in [2.24, 2.45) is 0 Å². The van der Waals surface area contributed by atoms with E-state index in [4.69, 9.17) is 9.47 Å². The van der Waals surface area contributed by atoms with Crippen LogP contribution < -0.4 is 4.74 Å². The third-order valence-electron chi connectivity index (χ3n) is 3.54. The molecule has 0 saturated heterocycles. The van der Waals surface area contributed by atoms with Crippen LogP contribution in [-0.4, -0.2) is 23.9 Å². The number of aliphatic hydroxyl groups excluding tert-OH is 1. The van der Waals surface area contributed by atoms with E-state index in [1.165, 1.54) is 6.07 Å². The molecule has 0 bridgehead atoms. The quantitative estimate of drug-likeness (QED) is 0.369. The van der Waals surface area contributed by atoms with Crippen molar-refractivity contribution in [1.29, 1.82) is 0 Å². The van der Waals surface area contributed by atoms with Crippen LogP contribution in [0.1, 0.15) is 34.5 Å². The molecule has 0 aromatic heterocycles. The molecule has 0 saturated carbocycles. The molecular formula is C18H15BrF4O4. The maximum Gasteiger partial charge on any atom is 0.418 e. The normalized spacial score (nSPS) is 12.6. The van der Waals surface area contributed by atoms with Crippen molar-refractivity contribution in [2.45, 2.75) is 24.5 Å². The second-order valence-corrected chi connectivity index (χ2v) is 5.94. The van der Waals surface area contributed by atoms with Gasteiger partial charge in [-0.25, -0.2) is 9.18 Å². The predicted octanol–water partition coefficient (Wildman–Crippen LogP) is 5.29. The molecule has 9 heteroatoms. The number of rotatable bonds is 6. The van der Waals surface area contributed by atoms with E-state index in [2.05, 4.69) is 15.9 Å². The third-order valence-corrected chi connectivity index (χ3v) is 4.14. The fourth-order valence-corrected chi connectivity index (χ4v) is 2.75. The van der Waals surface area contributed by atoms with Crippen molar-refractivity contribution in [1.82, 2.24) is 0 Å². The second kappa shape index (κ2) is 8.71. The first kappa shape index (κ1) is 21.2. The number of benzene rings is 2. The molecule has 2 aromatic rings. The molecule has 0 fully saturated rings. The van der Waals surface area contributed by atoms with E-state index in [1.54, 1.807) is 19.1 Å². The van der Waals surface area contributed by atoms with Crippen molar-refractivity contribution < 1.29 is 36.9 Å². The lowest BCUT2D eigenvalue weighted by Gasteiger charge is -2.17. The van der Waals surface area contributed by atoms with Gasteiger partial charge in [-0.2, -0.15) is 13.2 Å². The van der Waals surface area contributed by atoms with Crippen molar-refractivity contribution in [3.05, 3.63) is 58.9 Å². The summed E-state index contributed by atoms with van der Waals surface area (Å²) in [4.78, 5) is 12.2. The lowest BCUT2D eigenvalue weighted by atomic mass is 10.1. The van der Waals surface area contributed by atoms with Crippen LogP contribution in [0.5, 0.6) is 11.5 Å². The van der Waals surface area contributed by atoms with Gasteiger partial charge in [0.1, 0.15) is 11.3 Å². The number of ether oxygens (including phenoxy) is 2. The molecule has 0 aliphatic heterocycles. The molecular weight excluding hydrogens is 436 g/mol. The van der Waals surface area contributed by atoms with Crippen LogP contribution >= 0.6 is 15.9 Å². The van der Waals surface area contributed by atoms with Crippen LogP contribution in [0.2, 0.25) is 0 Å². The summed E-state index contributed by atoms with van der Waals surface area (Å²) < 4.78 is 62.3. The molecule has 2 aromatic carbocycles. The number of carbonyl (C=O) groups is 1. The number of esters is 1. The number of hydrogen-bond donors (Lipinski definition) is 1. The zero-order valence-electron chi connectivity index (χ0n) is 14.0. The highest BCUT2D eigenvalue weighted by Crippen LogP contribution is 2.36. The summed E-state index contributed by atoms with van der Waals surface area (Å²) in [7, 11) is 0. The summed E-state index contributed by atoms with van der Waals surface area (Å²) >= 11 is 3.23. The average Bonchev–Trinajstić information content (AvgIpc) is 2.61. The number of halogens is 5. The Morgan fingerprint density at radius 1 is 1.22 bits per heavy atom. The van der Waals surface area contributed by atoms with E-state index in [1.807, 2.05) is 0 Å². The van der Waals surface area contributed by atoms with Gasteiger partial charge in [0.05, 0.1) is 6.61 Å². The molecule has 27 heavy (non-hydrogen) atoms. The van der Waals surface area contributed by atoms with E-state index in [9.17, 15) is 27.5 Å². The van der Waals surface area contributed by atoms with E-state index in [0.29, 0.717) is 17.0 Å². The zero-order chi connectivity index (χ0) is 20.2. The van der Waals surface area contributed by atoms with Crippen molar-refractivity contribution in [3.8, 4) is 11.5 Å². The Kier molecular flexibility index (Phi) is 6.83. The second-order valence-electron chi connectivity index (χ2n) is 5.38. The van der Waals surface area contributed by atoms with E-state index in [-0.39, 0.29) is 17.9 Å². The van der Waals surface area contributed by atoms with Crippen LogP contribution in [0.25, 0.3) is 0 Å². The molecule has 1 N–H and O–H groups in total. The van der Waals surface area contributed by atoms with Gasteiger partial charge in [0.25, 0.3) is 0 Å². The number of hydrogen-bond acceptors (Lipinski definition) is 4. The molecule has 4 nitrogen and oxygen atoms in total.